The molecule has 1 fully saturated rings. The van der Waals surface area contributed by atoms with Gasteiger partial charge >= 0.3 is 5.97 Å². The van der Waals surface area contributed by atoms with Crippen LogP contribution in [-0.2, 0) is 9.53 Å². The molecule has 2 aliphatic rings. The van der Waals surface area contributed by atoms with Crippen LogP contribution in [0.4, 0.5) is 0 Å². The Kier molecular flexibility index (Phi) is 4.38. The molecule has 4 heteroatoms. The first kappa shape index (κ1) is 13.9. The summed E-state index contributed by atoms with van der Waals surface area (Å²) in [6.07, 6.45) is 5.35. The number of carbonyl (C=O) groups is 1. The molecule has 0 aromatic rings. The van der Waals surface area contributed by atoms with Gasteiger partial charge in [-0.05, 0) is 39.0 Å². The number of hydrogen-bond acceptors (Lipinski definition) is 4. The van der Waals surface area contributed by atoms with Gasteiger partial charge in [-0.3, -0.25) is 9.69 Å². The third-order valence-electron chi connectivity index (χ3n) is 3.40. The third-order valence-corrected chi connectivity index (χ3v) is 4.54. The highest BCUT2D eigenvalue weighted by Crippen LogP contribution is 2.25. The maximum Gasteiger partial charge on any atom is 0.311 e. The summed E-state index contributed by atoms with van der Waals surface area (Å²) >= 11 is 2.02. The van der Waals surface area contributed by atoms with Crippen LogP contribution in [0, 0.1) is 5.41 Å². The number of thioether (sulfide) groups is 1. The standard InChI is InChI=1S/C14H23NO2S/c1-14(2,3)13(16)17-12-5-4-7-15(9-12)11-6-8-18-10-11/h4-5,11-12H,6-10H2,1-3H3. The lowest BCUT2D eigenvalue weighted by Crippen LogP contribution is -2.44. The van der Waals surface area contributed by atoms with Crippen molar-refractivity contribution in [3.05, 3.63) is 12.2 Å². The number of esters is 1. The van der Waals surface area contributed by atoms with Crippen LogP contribution in [0.5, 0.6) is 0 Å². The fourth-order valence-electron chi connectivity index (χ4n) is 2.21. The minimum atomic E-state index is -0.417. The normalized spacial score (nSPS) is 29.5. The van der Waals surface area contributed by atoms with E-state index in [0.717, 1.165) is 13.1 Å². The van der Waals surface area contributed by atoms with E-state index in [1.165, 1.54) is 17.9 Å². The topological polar surface area (TPSA) is 29.5 Å². The van der Waals surface area contributed by atoms with Gasteiger partial charge in [-0.25, -0.2) is 0 Å². The molecule has 102 valence electrons. The average molecular weight is 269 g/mol. The molecular formula is C14H23NO2S. The summed E-state index contributed by atoms with van der Waals surface area (Å²) in [6.45, 7) is 7.53. The van der Waals surface area contributed by atoms with Crippen LogP contribution in [0.15, 0.2) is 12.2 Å². The molecule has 2 unspecified atom stereocenters. The van der Waals surface area contributed by atoms with Crippen LogP contribution < -0.4 is 0 Å². The van der Waals surface area contributed by atoms with E-state index in [1.807, 2.05) is 38.6 Å². The molecule has 2 aliphatic heterocycles. The fourth-order valence-corrected chi connectivity index (χ4v) is 3.47. The average Bonchev–Trinajstić information content (AvgIpc) is 2.81. The quantitative estimate of drug-likeness (QED) is 0.568. The highest BCUT2D eigenvalue weighted by atomic mass is 32.2. The van der Waals surface area contributed by atoms with Crippen LogP contribution in [0.25, 0.3) is 0 Å². The zero-order valence-electron chi connectivity index (χ0n) is 11.5. The van der Waals surface area contributed by atoms with Crippen molar-refractivity contribution in [1.82, 2.24) is 4.90 Å². The Labute approximate surface area is 114 Å². The minimum absolute atomic E-state index is 0.0731. The summed E-state index contributed by atoms with van der Waals surface area (Å²) in [5, 5.41) is 0. The van der Waals surface area contributed by atoms with E-state index < -0.39 is 5.41 Å². The van der Waals surface area contributed by atoms with Gasteiger partial charge in [0.15, 0.2) is 0 Å². The lowest BCUT2D eigenvalue weighted by Gasteiger charge is -2.33. The molecule has 0 aromatic carbocycles. The largest absolute Gasteiger partial charge is 0.456 e. The van der Waals surface area contributed by atoms with Crippen LogP contribution in [-0.4, -0.2) is 47.6 Å². The Balaban J connectivity index is 1.89. The molecule has 1 saturated heterocycles. The van der Waals surface area contributed by atoms with Gasteiger partial charge in [0.05, 0.1) is 5.41 Å². The first-order valence-corrected chi connectivity index (χ1v) is 7.82. The van der Waals surface area contributed by atoms with E-state index in [2.05, 4.69) is 11.0 Å². The number of ether oxygens (including phenoxy) is 1. The van der Waals surface area contributed by atoms with Crippen molar-refractivity contribution in [3.63, 3.8) is 0 Å². The highest BCUT2D eigenvalue weighted by molar-refractivity contribution is 7.99. The summed E-state index contributed by atoms with van der Waals surface area (Å²) in [5.41, 5.74) is -0.417. The van der Waals surface area contributed by atoms with Crippen molar-refractivity contribution in [2.75, 3.05) is 24.6 Å². The highest BCUT2D eigenvalue weighted by Gasteiger charge is 2.30. The Bertz CT molecular complexity index is 329. The van der Waals surface area contributed by atoms with Gasteiger partial charge in [0, 0.05) is 24.9 Å². The molecule has 0 N–H and O–H groups in total. The summed E-state index contributed by atoms with van der Waals surface area (Å²) in [6, 6.07) is 0.663. The first-order valence-electron chi connectivity index (χ1n) is 6.66. The molecule has 3 nitrogen and oxygen atoms in total. The number of nitrogens with zero attached hydrogens (tertiary/aromatic N) is 1. The zero-order valence-corrected chi connectivity index (χ0v) is 12.3. The van der Waals surface area contributed by atoms with Crippen LogP contribution >= 0.6 is 11.8 Å². The van der Waals surface area contributed by atoms with Gasteiger partial charge in [0.1, 0.15) is 6.10 Å². The predicted molar refractivity (Wildman–Crippen MR) is 75.8 cm³/mol. The van der Waals surface area contributed by atoms with Crippen LogP contribution in [0.1, 0.15) is 27.2 Å². The van der Waals surface area contributed by atoms with Crippen molar-refractivity contribution >= 4 is 17.7 Å². The van der Waals surface area contributed by atoms with E-state index in [0.29, 0.717) is 6.04 Å². The maximum absolute atomic E-state index is 11.9. The van der Waals surface area contributed by atoms with E-state index >= 15 is 0 Å². The maximum atomic E-state index is 11.9. The molecule has 0 saturated carbocycles. The Morgan fingerprint density at radius 1 is 1.44 bits per heavy atom. The second-order valence-corrected chi connectivity index (χ2v) is 7.24. The van der Waals surface area contributed by atoms with Crippen LogP contribution in [0.2, 0.25) is 0 Å². The molecule has 2 atom stereocenters. The summed E-state index contributed by atoms with van der Waals surface area (Å²) in [5.74, 6) is 2.37. The lowest BCUT2D eigenvalue weighted by molar-refractivity contribution is -0.157. The van der Waals surface area contributed by atoms with Gasteiger partial charge < -0.3 is 4.74 Å². The Morgan fingerprint density at radius 3 is 2.83 bits per heavy atom. The molecular weight excluding hydrogens is 246 g/mol. The van der Waals surface area contributed by atoms with Gasteiger partial charge in [0.25, 0.3) is 0 Å². The van der Waals surface area contributed by atoms with Crippen molar-refractivity contribution in [3.8, 4) is 0 Å². The smallest absolute Gasteiger partial charge is 0.311 e. The number of hydrogen-bond donors (Lipinski definition) is 0. The molecule has 2 heterocycles. The van der Waals surface area contributed by atoms with Crippen molar-refractivity contribution in [1.29, 1.82) is 0 Å². The van der Waals surface area contributed by atoms with Gasteiger partial charge in [0.2, 0.25) is 0 Å². The van der Waals surface area contributed by atoms with E-state index in [9.17, 15) is 4.79 Å². The predicted octanol–water partition coefficient (Wildman–Crippen LogP) is 2.32. The Morgan fingerprint density at radius 2 is 2.22 bits per heavy atom. The van der Waals surface area contributed by atoms with Crippen molar-refractivity contribution in [2.45, 2.75) is 39.3 Å². The molecule has 0 amide bonds. The summed E-state index contributed by atoms with van der Waals surface area (Å²) in [7, 11) is 0. The van der Waals surface area contributed by atoms with Gasteiger partial charge in [-0.1, -0.05) is 6.08 Å². The summed E-state index contributed by atoms with van der Waals surface area (Å²) < 4.78 is 5.57. The minimum Gasteiger partial charge on any atom is -0.456 e. The van der Waals surface area contributed by atoms with Gasteiger partial charge in [-0.15, -0.1) is 0 Å². The molecule has 0 bridgehead atoms. The molecule has 0 radical (unpaired) electrons. The monoisotopic (exact) mass is 269 g/mol. The van der Waals surface area contributed by atoms with Crippen molar-refractivity contribution in [2.24, 2.45) is 5.41 Å². The Hall–Kier alpha value is -0.480. The second-order valence-electron chi connectivity index (χ2n) is 6.09. The SMILES string of the molecule is CC(C)(C)C(=O)OC1C=CCN(C2CCSC2)C1. The van der Waals surface area contributed by atoms with E-state index in [-0.39, 0.29) is 12.1 Å². The van der Waals surface area contributed by atoms with Crippen molar-refractivity contribution < 1.29 is 9.53 Å². The fraction of sp³-hybridized carbons (Fsp3) is 0.786. The third kappa shape index (κ3) is 3.51. The molecule has 2 rings (SSSR count). The summed E-state index contributed by atoms with van der Waals surface area (Å²) in [4.78, 5) is 14.3. The van der Waals surface area contributed by atoms with Gasteiger partial charge in [-0.2, -0.15) is 11.8 Å². The molecule has 0 spiro atoms. The zero-order chi connectivity index (χ0) is 13.2. The van der Waals surface area contributed by atoms with Crippen LogP contribution in [0.3, 0.4) is 0 Å². The number of rotatable bonds is 2. The lowest BCUT2D eigenvalue weighted by atomic mass is 9.97. The molecule has 0 aromatic heterocycles. The second kappa shape index (κ2) is 5.66. The van der Waals surface area contributed by atoms with E-state index in [4.69, 9.17) is 4.74 Å². The number of carbonyl (C=O) groups excluding carboxylic acids is 1. The first-order chi connectivity index (χ1) is 8.47. The van der Waals surface area contributed by atoms with E-state index in [1.54, 1.807) is 0 Å². The molecule has 0 aliphatic carbocycles. The molecule has 18 heavy (non-hydrogen) atoms.